The lowest BCUT2D eigenvalue weighted by Crippen LogP contribution is -2.27. The summed E-state index contributed by atoms with van der Waals surface area (Å²) in [5.74, 6) is 1.24. The van der Waals surface area contributed by atoms with Crippen molar-refractivity contribution in [1.82, 2.24) is 4.90 Å². The molecule has 0 aliphatic rings. The number of ether oxygens (including phenoxy) is 2. The molecular weight excluding hydrogens is 322 g/mol. The summed E-state index contributed by atoms with van der Waals surface area (Å²) >= 11 is 3.41. The molecule has 1 aromatic carbocycles. The van der Waals surface area contributed by atoms with Crippen molar-refractivity contribution in [2.45, 2.75) is 19.3 Å². The zero-order chi connectivity index (χ0) is 15.0. The van der Waals surface area contributed by atoms with Gasteiger partial charge in [0.1, 0.15) is 11.5 Å². The molecule has 1 rings (SSSR count). The summed E-state index contributed by atoms with van der Waals surface area (Å²) in [6, 6.07) is 5.23. The molecule has 0 fully saturated rings. The third-order valence-electron chi connectivity index (χ3n) is 3.07. The fourth-order valence-corrected chi connectivity index (χ4v) is 2.27. The first kappa shape index (κ1) is 16.8. The number of rotatable bonds is 8. The van der Waals surface area contributed by atoms with Gasteiger partial charge in [0, 0.05) is 30.6 Å². The van der Waals surface area contributed by atoms with Gasteiger partial charge in [-0.1, -0.05) is 22.4 Å². The molecule has 0 aliphatic heterocycles. The molecule has 20 heavy (non-hydrogen) atoms. The zero-order valence-corrected chi connectivity index (χ0v) is 13.9. The Kier molecular flexibility index (Phi) is 7.44. The van der Waals surface area contributed by atoms with Crippen molar-refractivity contribution in [3.8, 4) is 11.5 Å². The van der Waals surface area contributed by atoms with Crippen LogP contribution in [0.15, 0.2) is 18.2 Å². The number of halogens is 1. The van der Waals surface area contributed by atoms with Crippen LogP contribution < -0.4 is 9.47 Å². The maximum Gasteiger partial charge on any atom is 0.253 e. The minimum Gasteiger partial charge on any atom is -0.497 e. The molecule has 0 bridgehead atoms. The molecule has 0 heterocycles. The van der Waals surface area contributed by atoms with E-state index < -0.39 is 0 Å². The van der Waals surface area contributed by atoms with Gasteiger partial charge in [-0.05, 0) is 25.0 Å². The average molecular weight is 344 g/mol. The Hall–Kier alpha value is -1.23. The van der Waals surface area contributed by atoms with Crippen LogP contribution in [0.5, 0.6) is 11.5 Å². The maximum absolute atomic E-state index is 12.4. The fourth-order valence-electron chi connectivity index (χ4n) is 1.87. The van der Waals surface area contributed by atoms with Crippen LogP contribution in [0.3, 0.4) is 0 Å². The van der Waals surface area contributed by atoms with E-state index in [4.69, 9.17) is 9.47 Å². The number of hydrogen-bond donors (Lipinski definition) is 0. The maximum atomic E-state index is 12.4. The van der Waals surface area contributed by atoms with Gasteiger partial charge in [0.2, 0.25) is 0 Å². The molecular formula is C15H22BrNO3. The zero-order valence-electron chi connectivity index (χ0n) is 12.3. The third kappa shape index (κ3) is 5.04. The van der Waals surface area contributed by atoms with Crippen LogP contribution in [-0.4, -0.2) is 43.9 Å². The summed E-state index contributed by atoms with van der Waals surface area (Å²) < 4.78 is 10.4. The van der Waals surface area contributed by atoms with Crippen LogP contribution in [-0.2, 0) is 0 Å². The number of carbonyl (C=O) groups is 1. The SMILES string of the molecule is COc1cc(OC)cc(C(=O)N(C)CCCCCBr)c1. The topological polar surface area (TPSA) is 38.8 Å². The van der Waals surface area contributed by atoms with E-state index in [1.165, 1.54) is 0 Å². The Balaban J connectivity index is 2.70. The number of benzene rings is 1. The third-order valence-corrected chi connectivity index (χ3v) is 3.63. The summed E-state index contributed by atoms with van der Waals surface area (Å²) in [6.07, 6.45) is 3.26. The number of amides is 1. The molecule has 0 aromatic heterocycles. The van der Waals surface area contributed by atoms with Gasteiger partial charge in [-0.25, -0.2) is 0 Å². The van der Waals surface area contributed by atoms with E-state index in [9.17, 15) is 4.79 Å². The van der Waals surface area contributed by atoms with Crippen LogP contribution in [0.4, 0.5) is 0 Å². The Bertz CT molecular complexity index is 415. The molecule has 0 saturated heterocycles. The molecule has 0 atom stereocenters. The summed E-state index contributed by atoms with van der Waals surface area (Å²) in [4.78, 5) is 14.1. The number of carbonyl (C=O) groups excluding carboxylic acids is 1. The van der Waals surface area contributed by atoms with E-state index >= 15 is 0 Å². The largest absolute Gasteiger partial charge is 0.497 e. The van der Waals surface area contributed by atoms with Gasteiger partial charge in [-0.3, -0.25) is 4.79 Å². The predicted octanol–water partition coefficient (Wildman–Crippen LogP) is 3.34. The lowest BCUT2D eigenvalue weighted by molar-refractivity contribution is 0.0792. The van der Waals surface area contributed by atoms with E-state index in [-0.39, 0.29) is 5.91 Å². The molecule has 0 unspecified atom stereocenters. The van der Waals surface area contributed by atoms with Gasteiger partial charge >= 0.3 is 0 Å². The van der Waals surface area contributed by atoms with Crippen molar-refractivity contribution >= 4 is 21.8 Å². The molecule has 112 valence electrons. The van der Waals surface area contributed by atoms with E-state index in [1.807, 2.05) is 7.05 Å². The van der Waals surface area contributed by atoms with E-state index in [0.717, 1.165) is 31.1 Å². The van der Waals surface area contributed by atoms with E-state index in [2.05, 4.69) is 15.9 Å². The normalized spacial score (nSPS) is 10.2. The molecule has 1 amide bonds. The van der Waals surface area contributed by atoms with Gasteiger partial charge in [0.05, 0.1) is 14.2 Å². The highest BCUT2D eigenvalue weighted by molar-refractivity contribution is 9.09. The number of nitrogens with zero attached hydrogens (tertiary/aromatic N) is 1. The first-order valence-electron chi connectivity index (χ1n) is 6.67. The number of methoxy groups -OCH3 is 2. The molecule has 0 spiro atoms. The second-order valence-electron chi connectivity index (χ2n) is 4.58. The molecule has 0 saturated carbocycles. The lowest BCUT2D eigenvalue weighted by Gasteiger charge is -2.18. The molecule has 5 heteroatoms. The first-order chi connectivity index (χ1) is 9.62. The van der Waals surface area contributed by atoms with Crippen LogP contribution in [0, 0.1) is 0 Å². The van der Waals surface area contributed by atoms with Gasteiger partial charge in [0.15, 0.2) is 0 Å². The van der Waals surface area contributed by atoms with Crippen molar-refractivity contribution in [1.29, 1.82) is 0 Å². The molecule has 1 aromatic rings. The van der Waals surface area contributed by atoms with Crippen molar-refractivity contribution in [2.24, 2.45) is 0 Å². The Morgan fingerprint density at radius 3 is 2.20 bits per heavy atom. The number of hydrogen-bond acceptors (Lipinski definition) is 3. The van der Waals surface area contributed by atoms with Crippen molar-refractivity contribution in [3.63, 3.8) is 0 Å². The summed E-state index contributed by atoms with van der Waals surface area (Å²) in [5.41, 5.74) is 0.587. The van der Waals surface area contributed by atoms with Crippen LogP contribution in [0.2, 0.25) is 0 Å². The van der Waals surface area contributed by atoms with Crippen LogP contribution >= 0.6 is 15.9 Å². The monoisotopic (exact) mass is 343 g/mol. The standard InChI is InChI=1S/C15H22BrNO3/c1-17(8-6-4-5-7-16)15(18)12-9-13(19-2)11-14(10-12)20-3/h9-11H,4-8H2,1-3H3. The molecule has 0 aliphatic carbocycles. The average Bonchev–Trinajstić information content (AvgIpc) is 2.49. The van der Waals surface area contributed by atoms with Gasteiger partial charge in [0.25, 0.3) is 5.91 Å². The predicted molar refractivity (Wildman–Crippen MR) is 84.2 cm³/mol. The van der Waals surface area contributed by atoms with Gasteiger partial charge < -0.3 is 14.4 Å². The first-order valence-corrected chi connectivity index (χ1v) is 7.79. The second-order valence-corrected chi connectivity index (χ2v) is 5.37. The fraction of sp³-hybridized carbons (Fsp3) is 0.533. The summed E-state index contributed by atoms with van der Waals surface area (Å²) in [5, 5.41) is 1.01. The van der Waals surface area contributed by atoms with E-state index in [0.29, 0.717) is 17.1 Å². The Morgan fingerprint density at radius 1 is 1.10 bits per heavy atom. The molecule has 0 radical (unpaired) electrons. The number of alkyl halides is 1. The number of unbranched alkanes of at least 4 members (excludes halogenated alkanes) is 2. The lowest BCUT2D eigenvalue weighted by atomic mass is 10.1. The van der Waals surface area contributed by atoms with Gasteiger partial charge in [-0.15, -0.1) is 0 Å². The Morgan fingerprint density at radius 2 is 1.70 bits per heavy atom. The van der Waals surface area contributed by atoms with Crippen LogP contribution in [0.1, 0.15) is 29.6 Å². The minimum atomic E-state index is -0.0129. The quantitative estimate of drug-likeness (QED) is 0.536. The Labute approximate surface area is 129 Å². The molecule has 4 nitrogen and oxygen atoms in total. The summed E-state index contributed by atoms with van der Waals surface area (Å²) in [7, 11) is 4.97. The van der Waals surface area contributed by atoms with Crippen molar-refractivity contribution in [3.05, 3.63) is 23.8 Å². The molecule has 0 N–H and O–H groups in total. The van der Waals surface area contributed by atoms with E-state index in [1.54, 1.807) is 37.3 Å². The minimum absolute atomic E-state index is 0.0129. The highest BCUT2D eigenvalue weighted by Gasteiger charge is 2.14. The van der Waals surface area contributed by atoms with Gasteiger partial charge in [-0.2, -0.15) is 0 Å². The second kappa shape index (κ2) is 8.84. The van der Waals surface area contributed by atoms with Crippen molar-refractivity contribution in [2.75, 3.05) is 33.1 Å². The van der Waals surface area contributed by atoms with Crippen LogP contribution in [0.25, 0.3) is 0 Å². The highest BCUT2D eigenvalue weighted by Crippen LogP contribution is 2.23. The van der Waals surface area contributed by atoms with Crippen molar-refractivity contribution < 1.29 is 14.3 Å². The smallest absolute Gasteiger partial charge is 0.253 e. The highest BCUT2D eigenvalue weighted by atomic mass is 79.9. The summed E-state index contributed by atoms with van der Waals surface area (Å²) in [6.45, 7) is 0.755.